The monoisotopic (exact) mass is 270 g/mol. The van der Waals surface area contributed by atoms with E-state index >= 15 is 0 Å². The van der Waals surface area contributed by atoms with Crippen LogP contribution in [0.4, 0.5) is 5.88 Å². The van der Waals surface area contributed by atoms with Crippen molar-refractivity contribution in [3.05, 3.63) is 28.0 Å². The Kier molecular flexibility index (Phi) is 4.26. The average molecular weight is 270 g/mol. The van der Waals surface area contributed by atoms with Gasteiger partial charge in [0.15, 0.2) is 5.76 Å². The first kappa shape index (κ1) is 14.7. The molecular formula is C11H14N2O6. The first-order chi connectivity index (χ1) is 8.86. The van der Waals surface area contributed by atoms with Gasteiger partial charge in [-0.15, -0.1) is 0 Å². The van der Waals surface area contributed by atoms with Crippen LogP contribution in [0.15, 0.2) is 16.5 Å². The minimum absolute atomic E-state index is 0.188. The Hall–Kier alpha value is -2.38. The van der Waals surface area contributed by atoms with Gasteiger partial charge in [-0.25, -0.2) is 4.79 Å². The molecule has 0 unspecified atom stereocenters. The molecule has 19 heavy (non-hydrogen) atoms. The first-order valence-electron chi connectivity index (χ1n) is 5.66. The number of carboxylic acids is 1. The van der Waals surface area contributed by atoms with E-state index in [1.54, 1.807) is 13.8 Å². The molecule has 0 radical (unpaired) electrons. The number of carbonyl (C=O) groups is 2. The third-order valence-corrected chi connectivity index (χ3v) is 2.96. The Morgan fingerprint density at radius 1 is 1.42 bits per heavy atom. The van der Waals surface area contributed by atoms with Crippen molar-refractivity contribution >= 4 is 17.8 Å². The number of hydrogen-bond acceptors (Lipinski definition) is 5. The zero-order valence-electron chi connectivity index (χ0n) is 10.5. The number of amides is 1. The maximum Gasteiger partial charge on any atom is 0.433 e. The number of aliphatic carboxylic acids is 1. The molecule has 0 aromatic carbocycles. The van der Waals surface area contributed by atoms with Gasteiger partial charge in [0, 0.05) is 0 Å². The fourth-order valence-electron chi connectivity index (χ4n) is 1.61. The molecule has 0 bridgehead atoms. The number of furan rings is 1. The SMILES string of the molecule is CCC(CC)(NC(=O)c1ccc([N+](=O)[O-])o1)C(=O)O. The molecule has 8 heteroatoms. The van der Waals surface area contributed by atoms with Gasteiger partial charge in [0.2, 0.25) is 0 Å². The van der Waals surface area contributed by atoms with Crippen molar-refractivity contribution in [3.8, 4) is 0 Å². The van der Waals surface area contributed by atoms with Crippen LogP contribution in [-0.2, 0) is 4.79 Å². The highest BCUT2D eigenvalue weighted by Crippen LogP contribution is 2.19. The summed E-state index contributed by atoms with van der Waals surface area (Å²) < 4.78 is 4.72. The minimum Gasteiger partial charge on any atom is -0.480 e. The van der Waals surface area contributed by atoms with Gasteiger partial charge in [0.1, 0.15) is 10.5 Å². The summed E-state index contributed by atoms with van der Waals surface area (Å²) in [5, 5.41) is 21.9. The van der Waals surface area contributed by atoms with Gasteiger partial charge in [-0.2, -0.15) is 0 Å². The van der Waals surface area contributed by atoms with Gasteiger partial charge in [0.05, 0.1) is 6.07 Å². The largest absolute Gasteiger partial charge is 0.480 e. The van der Waals surface area contributed by atoms with Crippen LogP contribution in [0.1, 0.15) is 37.2 Å². The highest BCUT2D eigenvalue weighted by atomic mass is 16.6. The van der Waals surface area contributed by atoms with E-state index < -0.39 is 28.2 Å². The smallest absolute Gasteiger partial charge is 0.433 e. The lowest BCUT2D eigenvalue weighted by Crippen LogP contribution is -2.53. The summed E-state index contributed by atoms with van der Waals surface area (Å²) >= 11 is 0. The van der Waals surface area contributed by atoms with Crippen LogP contribution in [-0.4, -0.2) is 27.4 Å². The minimum atomic E-state index is -1.40. The highest BCUT2D eigenvalue weighted by molar-refractivity contribution is 5.96. The normalized spacial score (nSPS) is 11.1. The maximum atomic E-state index is 11.8. The van der Waals surface area contributed by atoms with E-state index in [-0.39, 0.29) is 18.6 Å². The van der Waals surface area contributed by atoms with E-state index in [9.17, 15) is 19.7 Å². The van der Waals surface area contributed by atoms with Crippen molar-refractivity contribution in [1.29, 1.82) is 0 Å². The second kappa shape index (κ2) is 5.51. The van der Waals surface area contributed by atoms with Crippen LogP contribution in [0, 0.1) is 10.1 Å². The molecular weight excluding hydrogens is 256 g/mol. The number of nitro groups is 1. The second-order valence-corrected chi connectivity index (χ2v) is 3.94. The molecule has 0 fully saturated rings. The lowest BCUT2D eigenvalue weighted by Gasteiger charge is -2.27. The molecule has 2 N–H and O–H groups in total. The van der Waals surface area contributed by atoms with Crippen molar-refractivity contribution < 1.29 is 24.0 Å². The summed E-state index contributed by atoms with van der Waals surface area (Å²) in [6.07, 6.45) is 0.376. The maximum absolute atomic E-state index is 11.8. The number of rotatable bonds is 6. The van der Waals surface area contributed by atoms with Crippen LogP contribution in [0.3, 0.4) is 0 Å². The third-order valence-electron chi connectivity index (χ3n) is 2.96. The quantitative estimate of drug-likeness (QED) is 0.597. The molecule has 1 heterocycles. The van der Waals surface area contributed by atoms with Crippen LogP contribution in [0.5, 0.6) is 0 Å². The van der Waals surface area contributed by atoms with E-state index in [4.69, 9.17) is 9.52 Å². The van der Waals surface area contributed by atoms with E-state index in [1.165, 1.54) is 0 Å². The molecule has 8 nitrogen and oxygen atoms in total. The van der Waals surface area contributed by atoms with Crippen molar-refractivity contribution in [1.82, 2.24) is 5.32 Å². The molecule has 1 amide bonds. The fourth-order valence-corrected chi connectivity index (χ4v) is 1.61. The summed E-state index contributed by atoms with van der Waals surface area (Å²) in [5.41, 5.74) is -1.40. The lowest BCUT2D eigenvalue weighted by molar-refractivity contribution is -0.402. The molecule has 0 saturated carbocycles. The third kappa shape index (κ3) is 2.90. The Morgan fingerprint density at radius 2 is 2.00 bits per heavy atom. The molecule has 1 rings (SSSR count). The molecule has 0 saturated heterocycles. The Morgan fingerprint density at radius 3 is 2.37 bits per heavy atom. The predicted molar refractivity (Wildman–Crippen MR) is 63.8 cm³/mol. The Balaban J connectivity index is 2.94. The highest BCUT2D eigenvalue weighted by Gasteiger charge is 2.37. The van der Waals surface area contributed by atoms with Crippen LogP contribution < -0.4 is 5.32 Å². The Labute approximate surface area is 108 Å². The summed E-state index contributed by atoms with van der Waals surface area (Å²) in [6.45, 7) is 3.25. The Bertz CT molecular complexity index is 503. The van der Waals surface area contributed by atoms with Crippen LogP contribution in [0.25, 0.3) is 0 Å². The van der Waals surface area contributed by atoms with Crippen molar-refractivity contribution in [2.45, 2.75) is 32.2 Å². The van der Waals surface area contributed by atoms with Gasteiger partial charge in [0.25, 0.3) is 5.91 Å². The zero-order valence-corrected chi connectivity index (χ0v) is 10.5. The standard InChI is InChI=1S/C11H14N2O6/c1-3-11(4-2,10(15)16)12-9(14)7-5-6-8(19-7)13(17)18/h5-6H,3-4H2,1-2H3,(H,12,14)(H,15,16). The summed E-state index contributed by atoms with van der Waals surface area (Å²) in [4.78, 5) is 32.7. The first-order valence-corrected chi connectivity index (χ1v) is 5.66. The molecule has 1 aromatic heterocycles. The molecule has 0 aliphatic carbocycles. The number of hydrogen-bond donors (Lipinski definition) is 2. The predicted octanol–water partition coefficient (Wildman–Crippen LogP) is 1.56. The van der Waals surface area contributed by atoms with Gasteiger partial charge < -0.3 is 14.8 Å². The molecule has 0 spiro atoms. The van der Waals surface area contributed by atoms with Crippen molar-refractivity contribution in [2.24, 2.45) is 0 Å². The van der Waals surface area contributed by atoms with Crippen molar-refractivity contribution in [2.75, 3.05) is 0 Å². The molecule has 1 aromatic rings. The zero-order chi connectivity index (χ0) is 14.6. The molecule has 0 aliphatic heterocycles. The van der Waals surface area contributed by atoms with Gasteiger partial charge in [-0.05, 0) is 18.9 Å². The summed E-state index contributed by atoms with van der Waals surface area (Å²) in [6, 6.07) is 2.17. The van der Waals surface area contributed by atoms with E-state index in [1.807, 2.05) is 0 Å². The van der Waals surface area contributed by atoms with Gasteiger partial charge in [-0.1, -0.05) is 13.8 Å². The van der Waals surface area contributed by atoms with Gasteiger partial charge in [-0.3, -0.25) is 14.9 Å². The van der Waals surface area contributed by atoms with Crippen LogP contribution >= 0.6 is 0 Å². The molecule has 0 atom stereocenters. The average Bonchev–Trinajstić information content (AvgIpc) is 2.85. The van der Waals surface area contributed by atoms with E-state index in [0.717, 1.165) is 12.1 Å². The summed E-state index contributed by atoms with van der Waals surface area (Å²) in [7, 11) is 0. The van der Waals surface area contributed by atoms with E-state index in [0.29, 0.717) is 0 Å². The van der Waals surface area contributed by atoms with Crippen LogP contribution in [0.2, 0.25) is 0 Å². The number of carbonyl (C=O) groups excluding carboxylic acids is 1. The fraction of sp³-hybridized carbons (Fsp3) is 0.455. The second-order valence-electron chi connectivity index (χ2n) is 3.94. The lowest BCUT2D eigenvalue weighted by atomic mass is 9.93. The number of nitrogens with zero attached hydrogens (tertiary/aromatic N) is 1. The molecule has 104 valence electrons. The van der Waals surface area contributed by atoms with Gasteiger partial charge >= 0.3 is 11.9 Å². The van der Waals surface area contributed by atoms with Crippen molar-refractivity contribution in [3.63, 3.8) is 0 Å². The number of carboxylic acid groups (broad SMARTS) is 1. The summed E-state index contributed by atoms with van der Waals surface area (Å²) in [5.74, 6) is -2.82. The number of nitrogens with one attached hydrogen (secondary N) is 1. The topological polar surface area (TPSA) is 123 Å². The van der Waals surface area contributed by atoms with E-state index in [2.05, 4.69) is 5.32 Å². The molecule has 0 aliphatic rings.